The molecule has 0 aromatic heterocycles. The van der Waals surface area contributed by atoms with Gasteiger partial charge in [0.15, 0.2) is 5.96 Å². The Hall–Kier alpha value is -0.120. The summed E-state index contributed by atoms with van der Waals surface area (Å²) < 4.78 is 5.34. The third-order valence-corrected chi connectivity index (χ3v) is 4.22. The molecule has 0 saturated carbocycles. The Morgan fingerprint density at radius 1 is 1.17 bits per heavy atom. The number of hydrogen-bond acceptors (Lipinski definition) is 4. The lowest BCUT2D eigenvalue weighted by atomic mass is 10.0. The van der Waals surface area contributed by atoms with E-state index in [1.165, 1.54) is 0 Å². The molecule has 0 aromatic carbocycles. The van der Waals surface area contributed by atoms with Crippen molar-refractivity contribution in [2.24, 2.45) is 10.9 Å². The van der Waals surface area contributed by atoms with Gasteiger partial charge in [-0.2, -0.15) is 0 Å². The van der Waals surface area contributed by atoms with Crippen molar-refractivity contribution in [2.45, 2.75) is 26.8 Å². The molecular formula is C16H36IN5O. The molecule has 1 fully saturated rings. The predicted octanol–water partition coefficient (Wildman–Crippen LogP) is 1.08. The van der Waals surface area contributed by atoms with Crippen LogP contribution in [0.25, 0.3) is 0 Å². The zero-order valence-corrected chi connectivity index (χ0v) is 17.8. The first-order chi connectivity index (χ1) is 10.6. The molecule has 0 radical (unpaired) electrons. The van der Waals surface area contributed by atoms with Crippen LogP contribution in [0.2, 0.25) is 0 Å². The molecule has 1 rings (SSSR count). The molecule has 0 spiro atoms. The van der Waals surface area contributed by atoms with E-state index in [-0.39, 0.29) is 24.0 Å². The van der Waals surface area contributed by atoms with Crippen LogP contribution in [0.5, 0.6) is 0 Å². The van der Waals surface area contributed by atoms with Gasteiger partial charge in [0, 0.05) is 59.0 Å². The molecule has 0 aliphatic carbocycles. The summed E-state index contributed by atoms with van der Waals surface area (Å²) in [5, 5.41) is 6.76. The smallest absolute Gasteiger partial charge is 0.191 e. The minimum Gasteiger partial charge on any atom is -0.380 e. The topological polar surface area (TPSA) is 52.1 Å². The van der Waals surface area contributed by atoms with Crippen molar-refractivity contribution in [1.29, 1.82) is 0 Å². The summed E-state index contributed by atoms with van der Waals surface area (Å²) in [7, 11) is 4.01. The van der Waals surface area contributed by atoms with E-state index in [0.29, 0.717) is 18.6 Å². The minimum absolute atomic E-state index is 0. The summed E-state index contributed by atoms with van der Waals surface area (Å²) in [4.78, 5) is 9.29. The molecule has 0 amide bonds. The molecule has 1 unspecified atom stereocenters. The van der Waals surface area contributed by atoms with Gasteiger partial charge >= 0.3 is 0 Å². The van der Waals surface area contributed by atoms with Crippen LogP contribution in [0.1, 0.15) is 20.8 Å². The summed E-state index contributed by atoms with van der Waals surface area (Å²) in [5.41, 5.74) is 0. The number of nitrogens with one attached hydrogen (secondary N) is 2. The monoisotopic (exact) mass is 441 g/mol. The Balaban J connectivity index is 0.00000484. The third-order valence-electron chi connectivity index (χ3n) is 4.22. The number of ether oxygens (including phenoxy) is 1. The van der Waals surface area contributed by atoms with Gasteiger partial charge < -0.3 is 20.3 Å². The van der Waals surface area contributed by atoms with Crippen LogP contribution >= 0.6 is 24.0 Å². The Labute approximate surface area is 159 Å². The van der Waals surface area contributed by atoms with E-state index in [1.807, 2.05) is 14.0 Å². The van der Waals surface area contributed by atoms with Crippen LogP contribution in [0.15, 0.2) is 4.99 Å². The third kappa shape index (κ3) is 9.07. The average molecular weight is 441 g/mol. The molecule has 2 N–H and O–H groups in total. The highest BCUT2D eigenvalue weighted by atomic mass is 127. The van der Waals surface area contributed by atoms with E-state index in [1.54, 1.807) is 0 Å². The van der Waals surface area contributed by atoms with Gasteiger partial charge in [0.05, 0.1) is 6.61 Å². The Morgan fingerprint density at radius 3 is 2.35 bits per heavy atom. The lowest BCUT2D eigenvalue weighted by molar-refractivity contribution is 0.0899. The van der Waals surface area contributed by atoms with Gasteiger partial charge in [-0.25, -0.2) is 0 Å². The van der Waals surface area contributed by atoms with Crippen molar-refractivity contribution in [3.63, 3.8) is 0 Å². The van der Waals surface area contributed by atoms with Gasteiger partial charge in [-0.3, -0.25) is 9.89 Å². The van der Waals surface area contributed by atoms with Gasteiger partial charge in [0.25, 0.3) is 0 Å². The zero-order chi connectivity index (χ0) is 16.4. The fraction of sp³-hybridized carbons (Fsp3) is 0.938. The number of piperazine rings is 1. The summed E-state index contributed by atoms with van der Waals surface area (Å²) >= 11 is 0. The quantitative estimate of drug-likeness (QED) is 0.256. The van der Waals surface area contributed by atoms with Crippen LogP contribution < -0.4 is 10.6 Å². The summed E-state index contributed by atoms with van der Waals surface area (Å²) in [6.07, 6.45) is 0. The largest absolute Gasteiger partial charge is 0.380 e. The highest BCUT2D eigenvalue weighted by Crippen LogP contribution is 2.12. The molecule has 0 bridgehead atoms. The molecule has 138 valence electrons. The highest BCUT2D eigenvalue weighted by Gasteiger charge is 2.24. The van der Waals surface area contributed by atoms with Gasteiger partial charge in [0.2, 0.25) is 0 Å². The van der Waals surface area contributed by atoms with Crippen molar-refractivity contribution in [1.82, 2.24) is 20.4 Å². The first-order valence-corrected chi connectivity index (χ1v) is 8.53. The molecule has 1 atom stereocenters. The van der Waals surface area contributed by atoms with Gasteiger partial charge in [0.1, 0.15) is 0 Å². The zero-order valence-electron chi connectivity index (χ0n) is 15.5. The molecule has 7 heteroatoms. The van der Waals surface area contributed by atoms with E-state index in [4.69, 9.17) is 4.74 Å². The number of likely N-dealkylation sites (N-methyl/N-ethyl adjacent to an activating group) is 1. The van der Waals surface area contributed by atoms with E-state index >= 15 is 0 Å². The van der Waals surface area contributed by atoms with E-state index in [0.717, 1.165) is 51.8 Å². The summed E-state index contributed by atoms with van der Waals surface area (Å²) in [6.45, 7) is 14.4. The Bertz CT molecular complexity index is 320. The average Bonchev–Trinajstić information content (AvgIpc) is 2.51. The number of aliphatic imine (C=N–C) groups is 1. The maximum Gasteiger partial charge on any atom is 0.191 e. The number of rotatable bonds is 8. The summed E-state index contributed by atoms with van der Waals surface area (Å²) in [6, 6.07) is 0.541. The fourth-order valence-corrected chi connectivity index (χ4v) is 2.75. The van der Waals surface area contributed by atoms with Gasteiger partial charge in [-0.05, 0) is 19.9 Å². The highest BCUT2D eigenvalue weighted by molar-refractivity contribution is 14.0. The number of hydrogen-bond donors (Lipinski definition) is 2. The first-order valence-electron chi connectivity index (χ1n) is 8.53. The SMILES string of the molecule is CCOCCNC(=NC)NCC(C(C)C)N1CCN(C)CC1.I. The van der Waals surface area contributed by atoms with Crippen LogP contribution in [-0.2, 0) is 4.74 Å². The lowest BCUT2D eigenvalue weighted by Crippen LogP contribution is -2.55. The molecule has 1 saturated heterocycles. The molecule has 1 aliphatic rings. The van der Waals surface area contributed by atoms with Crippen molar-refractivity contribution in [2.75, 3.05) is 66.6 Å². The molecular weight excluding hydrogens is 405 g/mol. The van der Waals surface area contributed by atoms with Crippen molar-refractivity contribution < 1.29 is 4.74 Å². The second-order valence-corrected chi connectivity index (χ2v) is 6.23. The fourth-order valence-electron chi connectivity index (χ4n) is 2.75. The predicted molar refractivity (Wildman–Crippen MR) is 109 cm³/mol. The van der Waals surface area contributed by atoms with E-state index in [9.17, 15) is 0 Å². The second-order valence-electron chi connectivity index (χ2n) is 6.23. The van der Waals surface area contributed by atoms with E-state index in [2.05, 4.69) is 46.3 Å². The summed E-state index contributed by atoms with van der Waals surface area (Å²) in [5.74, 6) is 1.48. The maximum absolute atomic E-state index is 5.34. The molecule has 1 aliphatic heterocycles. The van der Waals surface area contributed by atoms with Gasteiger partial charge in [-0.1, -0.05) is 13.8 Å². The number of nitrogens with zero attached hydrogens (tertiary/aromatic N) is 3. The maximum atomic E-state index is 5.34. The van der Waals surface area contributed by atoms with Crippen molar-refractivity contribution in [3.8, 4) is 0 Å². The second kappa shape index (κ2) is 13.2. The molecule has 23 heavy (non-hydrogen) atoms. The normalized spacial score (nSPS) is 18.6. The Kier molecular flexibility index (Phi) is 13.1. The van der Waals surface area contributed by atoms with Crippen molar-refractivity contribution in [3.05, 3.63) is 0 Å². The molecule has 6 nitrogen and oxygen atoms in total. The van der Waals surface area contributed by atoms with Crippen molar-refractivity contribution >= 4 is 29.9 Å². The molecule has 1 heterocycles. The first kappa shape index (κ1) is 22.9. The van der Waals surface area contributed by atoms with E-state index < -0.39 is 0 Å². The Morgan fingerprint density at radius 2 is 1.83 bits per heavy atom. The van der Waals surface area contributed by atoms with Crippen LogP contribution in [0, 0.1) is 5.92 Å². The van der Waals surface area contributed by atoms with Crippen LogP contribution in [-0.4, -0.2) is 88.4 Å². The minimum atomic E-state index is 0. The van der Waals surface area contributed by atoms with Crippen LogP contribution in [0.4, 0.5) is 0 Å². The molecule has 0 aromatic rings. The number of halogens is 1. The standard InChI is InChI=1S/C16H35N5O.HI/c1-6-22-12-7-18-16(17-4)19-13-15(14(2)3)21-10-8-20(5)9-11-21;/h14-15H,6-13H2,1-5H3,(H2,17,18,19);1H. The number of guanidine groups is 1. The van der Waals surface area contributed by atoms with Gasteiger partial charge in [-0.15, -0.1) is 24.0 Å². The lowest BCUT2D eigenvalue weighted by Gasteiger charge is -2.40. The van der Waals surface area contributed by atoms with Crippen LogP contribution in [0.3, 0.4) is 0 Å².